The van der Waals surface area contributed by atoms with Crippen LogP contribution in [0.4, 0.5) is 15.8 Å². The molecule has 0 aromatic heterocycles. The first kappa shape index (κ1) is 18.8. The maximum Gasteiger partial charge on any atom is 0.260 e. The molecule has 0 aliphatic rings. The molecule has 130 valence electrons. The molecule has 0 saturated heterocycles. The molecule has 0 spiro atoms. The molecule has 3 N–H and O–H groups in total. The van der Waals surface area contributed by atoms with Gasteiger partial charge in [0.25, 0.3) is 5.91 Å². The van der Waals surface area contributed by atoms with E-state index in [2.05, 4.69) is 16.0 Å². The standard InChI is InChI=1S/C17H15ClFN3O2S/c1-2-15(23)20-10-7-8-12(18)14(9-10)21-17(25)22-16(24)11-5-3-4-6-13(11)19/h3-9H,2H2,1H3,(H,20,23)(H2,21,22,24,25). The van der Waals surface area contributed by atoms with Gasteiger partial charge in [-0.25, -0.2) is 4.39 Å². The Morgan fingerprint density at radius 2 is 1.88 bits per heavy atom. The van der Waals surface area contributed by atoms with Crippen molar-refractivity contribution in [3.63, 3.8) is 0 Å². The van der Waals surface area contributed by atoms with E-state index < -0.39 is 11.7 Å². The normalized spacial score (nSPS) is 10.0. The number of rotatable bonds is 4. The molecule has 2 amide bonds. The topological polar surface area (TPSA) is 70.2 Å². The molecule has 0 aliphatic heterocycles. The molecule has 25 heavy (non-hydrogen) atoms. The minimum atomic E-state index is -0.679. The van der Waals surface area contributed by atoms with Gasteiger partial charge in [0.05, 0.1) is 16.3 Å². The van der Waals surface area contributed by atoms with Crippen LogP contribution < -0.4 is 16.0 Å². The lowest BCUT2D eigenvalue weighted by Gasteiger charge is -2.13. The number of carbonyl (C=O) groups excluding carboxylic acids is 2. The highest BCUT2D eigenvalue weighted by Crippen LogP contribution is 2.25. The first-order valence-corrected chi connectivity index (χ1v) is 8.15. The van der Waals surface area contributed by atoms with Gasteiger partial charge in [-0.05, 0) is 42.5 Å². The Kier molecular flexibility index (Phi) is 6.44. The summed E-state index contributed by atoms with van der Waals surface area (Å²) >= 11 is 11.1. The molecule has 8 heteroatoms. The fourth-order valence-corrected chi connectivity index (χ4v) is 2.29. The van der Waals surface area contributed by atoms with Crippen LogP contribution in [0.3, 0.4) is 0 Å². The van der Waals surface area contributed by atoms with Gasteiger partial charge in [0.15, 0.2) is 5.11 Å². The van der Waals surface area contributed by atoms with Crippen LogP contribution in [0.2, 0.25) is 5.02 Å². The number of hydrogen-bond donors (Lipinski definition) is 3. The summed E-state index contributed by atoms with van der Waals surface area (Å²) in [7, 11) is 0. The zero-order chi connectivity index (χ0) is 18.4. The summed E-state index contributed by atoms with van der Waals surface area (Å²) in [6.07, 6.45) is 0.336. The van der Waals surface area contributed by atoms with Crippen LogP contribution in [0.25, 0.3) is 0 Å². The van der Waals surface area contributed by atoms with E-state index >= 15 is 0 Å². The van der Waals surface area contributed by atoms with Crippen molar-refractivity contribution in [3.8, 4) is 0 Å². The van der Waals surface area contributed by atoms with Crippen LogP contribution in [0.1, 0.15) is 23.7 Å². The lowest BCUT2D eigenvalue weighted by atomic mass is 10.2. The maximum absolute atomic E-state index is 13.6. The van der Waals surface area contributed by atoms with Crippen molar-refractivity contribution >= 4 is 52.1 Å². The van der Waals surface area contributed by atoms with Crippen molar-refractivity contribution in [3.05, 3.63) is 58.9 Å². The molecule has 0 radical (unpaired) electrons. The summed E-state index contributed by atoms with van der Waals surface area (Å²) < 4.78 is 13.6. The number of hydrogen-bond acceptors (Lipinski definition) is 3. The third kappa shape index (κ3) is 5.23. The van der Waals surface area contributed by atoms with Gasteiger partial charge >= 0.3 is 0 Å². The Bertz CT molecular complexity index is 829. The summed E-state index contributed by atoms with van der Waals surface area (Å²) in [5, 5.41) is 8.12. The van der Waals surface area contributed by atoms with E-state index in [9.17, 15) is 14.0 Å². The minimum Gasteiger partial charge on any atom is -0.331 e. The van der Waals surface area contributed by atoms with Gasteiger partial charge < -0.3 is 10.6 Å². The lowest BCUT2D eigenvalue weighted by Crippen LogP contribution is -2.34. The average Bonchev–Trinajstić information content (AvgIpc) is 2.58. The zero-order valence-electron chi connectivity index (χ0n) is 13.2. The summed E-state index contributed by atoms with van der Waals surface area (Å²) in [6, 6.07) is 10.4. The third-order valence-electron chi connectivity index (χ3n) is 3.16. The van der Waals surface area contributed by atoms with E-state index in [1.165, 1.54) is 18.2 Å². The van der Waals surface area contributed by atoms with Gasteiger partial charge in [-0.2, -0.15) is 0 Å². The van der Waals surface area contributed by atoms with E-state index in [0.717, 1.165) is 0 Å². The SMILES string of the molecule is CCC(=O)Nc1ccc(Cl)c(NC(=S)NC(=O)c2ccccc2F)c1. The third-order valence-corrected chi connectivity index (χ3v) is 3.70. The maximum atomic E-state index is 13.6. The largest absolute Gasteiger partial charge is 0.331 e. The number of nitrogens with one attached hydrogen (secondary N) is 3. The van der Waals surface area contributed by atoms with E-state index in [-0.39, 0.29) is 16.6 Å². The molecular formula is C17H15ClFN3O2S. The van der Waals surface area contributed by atoms with Crippen LogP contribution in [0.15, 0.2) is 42.5 Å². The van der Waals surface area contributed by atoms with E-state index in [0.29, 0.717) is 22.8 Å². The second-order valence-electron chi connectivity index (χ2n) is 4.98. The minimum absolute atomic E-state index is 0.0471. The van der Waals surface area contributed by atoms with Crippen LogP contribution in [0.5, 0.6) is 0 Å². The van der Waals surface area contributed by atoms with Crippen molar-refractivity contribution < 1.29 is 14.0 Å². The number of amides is 2. The Morgan fingerprint density at radius 1 is 1.16 bits per heavy atom. The van der Waals surface area contributed by atoms with Gasteiger partial charge in [-0.3, -0.25) is 14.9 Å². The van der Waals surface area contributed by atoms with E-state index in [1.807, 2.05) is 0 Å². The molecule has 0 bridgehead atoms. The first-order chi connectivity index (χ1) is 11.9. The van der Waals surface area contributed by atoms with Gasteiger partial charge in [0, 0.05) is 12.1 Å². The fourth-order valence-electron chi connectivity index (χ4n) is 1.92. The quantitative estimate of drug-likeness (QED) is 0.703. The van der Waals surface area contributed by atoms with Crippen molar-refractivity contribution in [2.45, 2.75) is 13.3 Å². The van der Waals surface area contributed by atoms with Gasteiger partial charge in [0.2, 0.25) is 5.91 Å². The molecule has 0 unspecified atom stereocenters. The lowest BCUT2D eigenvalue weighted by molar-refractivity contribution is -0.115. The number of thiocarbonyl (C=S) groups is 1. The summed E-state index contributed by atoms with van der Waals surface area (Å²) in [5.74, 6) is -1.48. The second kappa shape index (κ2) is 8.55. The molecule has 2 rings (SSSR count). The molecular weight excluding hydrogens is 365 g/mol. The number of halogens is 2. The zero-order valence-corrected chi connectivity index (χ0v) is 14.8. The van der Waals surface area contributed by atoms with Crippen molar-refractivity contribution in [1.29, 1.82) is 0 Å². The Morgan fingerprint density at radius 3 is 2.56 bits per heavy atom. The molecule has 0 aliphatic carbocycles. The smallest absolute Gasteiger partial charge is 0.260 e. The molecule has 2 aromatic rings. The van der Waals surface area contributed by atoms with E-state index in [1.54, 1.807) is 31.2 Å². The highest BCUT2D eigenvalue weighted by Gasteiger charge is 2.13. The predicted molar refractivity (Wildman–Crippen MR) is 100 cm³/mol. The molecule has 0 saturated carbocycles. The number of anilines is 2. The van der Waals surface area contributed by atoms with Crippen LogP contribution in [0, 0.1) is 5.82 Å². The summed E-state index contributed by atoms with van der Waals surface area (Å²) in [4.78, 5) is 23.5. The second-order valence-corrected chi connectivity index (χ2v) is 5.80. The highest BCUT2D eigenvalue weighted by molar-refractivity contribution is 7.80. The average molecular weight is 380 g/mol. The summed E-state index contributed by atoms with van der Waals surface area (Å²) in [6.45, 7) is 1.73. The van der Waals surface area contributed by atoms with Gasteiger partial charge in [-0.1, -0.05) is 30.7 Å². The fraction of sp³-hybridized carbons (Fsp3) is 0.118. The molecule has 0 atom stereocenters. The Balaban J connectivity index is 2.07. The number of benzene rings is 2. The van der Waals surface area contributed by atoms with Crippen molar-refractivity contribution in [2.24, 2.45) is 0 Å². The van der Waals surface area contributed by atoms with Crippen LogP contribution in [-0.2, 0) is 4.79 Å². The Hall–Kier alpha value is -2.51. The molecule has 2 aromatic carbocycles. The predicted octanol–water partition coefficient (Wildman–Crippen LogP) is 3.95. The highest BCUT2D eigenvalue weighted by atomic mass is 35.5. The monoisotopic (exact) mass is 379 g/mol. The first-order valence-electron chi connectivity index (χ1n) is 7.37. The van der Waals surface area contributed by atoms with Crippen molar-refractivity contribution in [2.75, 3.05) is 10.6 Å². The number of carbonyl (C=O) groups is 2. The summed E-state index contributed by atoms with van der Waals surface area (Å²) in [5.41, 5.74) is 0.804. The Labute approximate surface area is 154 Å². The van der Waals surface area contributed by atoms with Crippen molar-refractivity contribution in [1.82, 2.24) is 5.32 Å². The molecule has 0 fully saturated rings. The van der Waals surface area contributed by atoms with Gasteiger partial charge in [-0.15, -0.1) is 0 Å². The molecule has 0 heterocycles. The van der Waals surface area contributed by atoms with Gasteiger partial charge in [0.1, 0.15) is 5.82 Å². The van der Waals surface area contributed by atoms with E-state index in [4.69, 9.17) is 23.8 Å². The molecule has 5 nitrogen and oxygen atoms in total. The van der Waals surface area contributed by atoms with Crippen LogP contribution >= 0.6 is 23.8 Å². The van der Waals surface area contributed by atoms with Crippen LogP contribution in [-0.4, -0.2) is 16.9 Å².